The molecule has 0 bridgehead atoms. The van der Waals surface area contributed by atoms with Gasteiger partial charge in [0.15, 0.2) is 0 Å². The van der Waals surface area contributed by atoms with Gasteiger partial charge in [-0.3, -0.25) is 4.79 Å². The normalized spacial score (nSPS) is 13.3. The maximum atomic E-state index is 11.7. The van der Waals surface area contributed by atoms with Gasteiger partial charge in [-0.15, -0.1) is 0 Å². The Morgan fingerprint density at radius 1 is 1.41 bits per heavy atom. The number of carbonyl (C=O) groups is 1. The Balaban J connectivity index is 1.73. The molecule has 1 aromatic heterocycles. The van der Waals surface area contributed by atoms with Crippen molar-refractivity contribution in [1.82, 2.24) is 15.3 Å². The van der Waals surface area contributed by atoms with Crippen LogP contribution >= 0.6 is 0 Å². The quantitative estimate of drug-likeness (QED) is 0.898. The van der Waals surface area contributed by atoms with Crippen LogP contribution in [0.25, 0.3) is 0 Å². The fourth-order valence-corrected chi connectivity index (χ4v) is 2.48. The minimum atomic E-state index is 0.00667. The molecule has 114 valence electrons. The Bertz CT molecular complexity index is 715. The van der Waals surface area contributed by atoms with Crippen LogP contribution in [0.2, 0.25) is 0 Å². The SMILES string of the molecule is COc1ncc(CNc2ccc3c(c2)CCNC3=O)c(C)n1. The molecule has 0 radical (unpaired) electrons. The third-order valence-electron chi connectivity index (χ3n) is 3.75. The second-order valence-corrected chi connectivity index (χ2v) is 5.20. The molecule has 0 spiro atoms. The van der Waals surface area contributed by atoms with Gasteiger partial charge in [0.2, 0.25) is 0 Å². The number of rotatable bonds is 4. The predicted molar refractivity (Wildman–Crippen MR) is 83.1 cm³/mol. The Kier molecular flexibility index (Phi) is 3.91. The summed E-state index contributed by atoms with van der Waals surface area (Å²) in [5.74, 6) is 0.00667. The number of hydrogen-bond acceptors (Lipinski definition) is 5. The van der Waals surface area contributed by atoms with Gasteiger partial charge in [-0.25, -0.2) is 9.97 Å². The lowest BCUT2D eigenvalue weighted by atomic mass is 10.00. The fourth-order valence-electron chi connectivity index (χ4n) is 2.48. The number of benzene rings is 1. The summed E-state index contributed by atoms with van der Waals surface area (Å²) in [5.41, 5.74) is 4.73. The van der Waals surface area contributed by atoms with Gasteiger partial charge < -0.3 is 15.4 Å². The zero-order valence-electron chi connectivity index (χ0n) is 12.6. The molecule has 2 N–H and O–H groups in total. The number of anilines is 1. The molecule has 22 heavy (non-hydrogen) atoms. The molecule has 0 atom stereocenters. The fraction of sp³-hybridized carbons (Fsp3) is 0.312. The lowest BCUT2D eigenvalue weighted by molar-refractivity contribution is 0.0946. The number of nitrogens with zero attached hydrogens (tertiary/aromatic N) is 2. The first-order valence-corrected chi connectivity index (χ1v) is 7.19. The van der Waals surface area contributed by atoms with Crippen LogP contribution in [0.1, 0.15) is 27.2 Å². The summed E-state index contributed by atoms with van der Waals surface area (Å²) in [6.45, 7) is 3.25. The molecule has 0 unspecified atom stereocenters. The molecule has 0 aliphatic carbocycles. The van der Waals surface area contributed by atoms with E-state index in [4.69, 9.17) is 4.74 Å². The number of hydrogen-bond donors (Lipinski definition) is 2. The van der Waals surface area contributed by atoms with Gasteiger partial charge in [0, 0.05) is 41.8 Å². The first-order chi connectivity index (χ1) is 10.7. The summed E-state index contributed by atoms with van der Waals surface area (Å²) >= 11 is 0. The van der Waals surface area contributed by atoms with E-state index in [-0.39, 0.29) is 5.91 Å². The van der Waals surface area contributed by atoms with Gasteiger partial charge in [0.05, 0.1) is 7.11 Å². The lowest BCUT2D eigenvalue weighted by Crippen LogP contribution is -2.31. The number of methoxy groups -OCH3 is 1. The van der Waals surface area contributed by atoms with E-state index in [2.05, 4.69) is 20.6 Å². The van der Waals surface area contributed by atoms with Crippen LogP contribution in [0.4, 0.5) is 5.69 Å². The number of aryl methyl sites for hydroxylation is 1. The Hall–Kier alpha value is -2.63. The Labute approximate surface area is 128 Å². The predicted octanol–water partition coefficient (Wildman–Crippen LogP) is 1.69. The van der Waals surface area contributed by atoms with E-state index in [0.717, 1.165) is 34.5 Å². The van der Waals surface area contributed by atoms with E-state index in [0.29, 0.717) is 19.1 Å². The summed E-state index contributed by atoms with van der Waals surface area (Å²) in [7, 11) is 1.55. The molecule has 1 amide bonds. The molecule has 1 aliphatic heterocycles. The van der Waals surface area contributed by atoms with Crippen molar-refractivity contribution in [2.45, 2.75) is 19.9 Å². The topological polar surface area (TPSA) is 76.1 Å². The molecule has 1 aliphatic rings. The number of ether oxygens (including phenoxy) is 1. The van der Waals surface area contributed by atoms with Gasteiger partial charge >= 0.3 is 6.01 Å². The van der Waals surface area contributed by atoms with Gasteiger partial charge in [-0.2, -0.15) is 0 Å². The van der Waals surface area contributed by atoms with E-state index < -0.39 is 0 Å². The largest absolute Gasteiger partial charge is 0.467 e. The van der Waals surface area contributed by atoms with Gasteiger partial charge in [-0.1, -0.05) is 0 Å². The third-order valence-corrected chi connectivity index (χ3v) is 3.75. The maximum Gasteiger partial charge on any atom is 0.316 e. The van der Waals surface area contributed by atoms with Crippen molar-refractivity contribution < 1.29 is 9.53 Å². The van der Waals surface area contributed by atoms with Gasteiger partial charge in [0.1, 0.15) is 0 Å². The summed E-state index contributed by atoms with van der Waals surface area (Å²) in [6.07, 6.45) is 2.63. The standard InChI is InChI=1S/C16H18N4O2/c1-10-12(9-19-16(20-10)22-2)8-18-13-3-4-14-11(7-13)5-6-17-15(14)21/h3-4,7,9,18H,5-6,8H2,1-2H3,(H,17,21). The van der Waals surface area contributed by atoms with E-state index in [1.165, 1.54) is 0 Å². The molecule has 0 saturated carbocycles. The molecule has 6 nitrogen and oxygen atoms in total. The van der Waals surface area contributed by atoms with Gasteiger partial charge in [-0.05, 0) is 37.1 Å². The molecular weight excluding hydrogens is 280 g/mol. The highest BCUT2D eigenvalue weighted by atomic mass is 16.5. The second kappa shape index (κ2) is 6.01. The molecular formula is C16H18N4O2. The molecule has 1 aromatic carbocycles. The Morgan fingerprint density at radius 2 is 2.27 bits per heavy atom. The summed E-state index contributed by atoms with van der Waals surface area (Å²) in [4.78, 5) is 20.1. The minimum absolute atomic E-state index is 0.00667. The van der Waals surface area contributed by atoms with Crippen LogP contribution in [0.15, 0.2) is 24.4 Å². The third kappa shape index (κ3) is 2.86. The number of carbonyl (C=O) groups excluding carboxylic acids is 1. The monoisotopic (exact) mass is 298 g/mol. The number of fused-ring (bicyclic) bond motifs is 1. The average molecular weight is 298 g/mol. The van der Waals surface area contributed by atoms with E-state index in [1.54, 1.807) is 13.3 Å². The molecule has 3 rings (SSSR count). The second-order valence-electron chi connectivity index (χ2n) is 5.20. The van der Waals surface area contributed by atoms with Crippen LogP contribution in [-0.2, 0) is 13.0 Å². The molecule has 2 aromatic rings. The van der Waals surface area contributed by atoms with Crippen LogP contribution in [-0.4, -0.2) is 29.5 Å². The average Bonchev–Trinajstić information content (AvgIpc) is 2.53. The van der Waals surface area contributed by atoms with Crippen LogP contribution in [0, 0.1) is 6.92 Å². The lowest BCUT2D eigenvalue weighted by Gasteiger charge is -2.17. The summed E-state index contributed by atoms with van der Waals surface area (Å²) in [6, 6.07) is 6.20. The van der Waals surface area contributed by atoms with Crippen molar-refractivity contribution in [1.29, 1.82) is 0 Å². The molecule has 6 heteroatoms. The summed E-state index contributed by atoms with van der Waals surface area (Å²) in [5, 5.41) is 6.20. The minimum Gasteiger partial charge on any atom is -0.467 e. The van der Waals surface area contributed by atoms with Gasteiger partial charge in [0.25, 0.3) is 5.91 Å². The van der Waals surface area contributed by atoms with E-state index in [9.17, 15) is 4.79 Å². The van der Waals surface area contributed by atoms with E-state index >= 15 is 0 Å². The number of aromatic nitrogens is 2. The van der Waals surface area contributed by atoms with Crippen molar-refractivity contribution in [3.63, 3.8) is 0 Å². The molecule has 0 saturated heterocycles. The Morgan fingerprint density at radius 3 is 3.05 bits per heavy atom. The first kappa shape index (κ1) is 14.3. The molecule has 0 fully saturated rings. The van der Waals surface area contributed by atoms with Crippen LogP contribution < -0.4 is 15.4 Å². The van der Waals surface area contributed by atoms with Crippen molar-refractivity contribution in [3.8, 4) is 6.01 Å². The van der Waals surface area contributed by atoms with Crippen LogP contribution in [0.3, 0.4) is 0 Å². The summed E-state index contributed by atoms with van der Waals surface area (Å²) < 4.78 is 5.00. The highest BCUT2D eigenvalue weighted by Gasteiger charge is 2.16. The highest BCUT2D eigenvalue weighted by Crippen LogP contribution is 2.20. The molecule has 2 heterocycles. The van der Waals surface area contributed by atoms with E-state index in [1.807, 2.05) is 25.1 Å². The van der Waals surface area contributed by atoms with Crippen LogP contribution in [0.5, 0.6) is 6.01 Å². The first-order valence-electron chi connectivity index (χ1n) is 7.19. The zero-order valence-corrected chi connectivity index (χ0v) is 12.6. The maximum absolute atomic E-state index is 11.7. The smallest absolute Gasteiger partial charge is 0.316 e. The van der Waals surface area contributed by atoms with Crippen molar-refractivity contribution in [2.24, 2.45) is 0 Å². The van der Waals surface area contributed by atoms with Crippen molar-refractivity contribution in [2.75, 3.05) is 19.0 Å². The van der Waals surface area contributed by atoms with Crippen molar-refractivity contribution in [3.05, 3.63) is 46.8 Å². The van der Waals surface area contributed by atoms with Crippen molar-refractivity contribution >= 4 is 11.6 Å². The zero-order chi connectivity index (χ0) is 15.5. The number of nitrogens with one attached hydrogen (secondary N) is 2. The highest BCUT2D eigenvalue weighted by molar-refractivity contribution is 5.97. The number of amides is 1.